The molecular weight excluding hydrogens is 539 g/mol. The van der Waals surface area contributed by atoms with Gasteiger partial charge in [-0.2, -0.15) is 0 Å². The van der Waals surface area contributed by atoms with Crippen molar-refractivity contribution in [1.82, 2.24) is 0 Å². The fraction of sp³-hybridized carbons (Fsp3) is 0.273. The van der Waals surface area contributed by atoms with E-state index in [2.05, 4.69) is 13.8 Å². The first kappa shape index (κ1) is 28.3. The predicted octanol–water partition coefficient (Wildman–Crippen LogP) is 9.38. The summed E-state index contributed by atoms with van der Waals surface area (Å²) in [6.07, 6.45) is 0. The number of benzene rings is 4. The minimum atomic E-state index is -1.93. The Balaban J connectivity index is 1.83. The van der Waals surface area contributed by atoms with Crippen LogP contribution in [-0.4, -0.2) is 28.4 Å². The van der Waals surface area contributed by atoms with Gasteiger partial charge < -0.3 is 31.9 Å². The summed E-state index contributed by atoms with van der Waals surface area (Å²) in [6, 6.07) is 15.8. The van der Waals surface area contributed by atoms with Gasteiger partial charge in [-0.25, -0.2) is 0 Å². The van der Waals surface area contributed by atoms with E-state index in [1.54, 1.807) is 28.4 Å². The van der Waals surface area contributed by atoms with Crippen molar-refractivity contribution in [2.24, 2.45) is 0 Å². The molecule has 0 spiro atoms. The first-order valence-corrected chi connectivity index (χ1v) is 14.3. The van der Waals surface area contributed by atoms with Gasteiger partial charge in [-0.15, -0.1) is 0 Å². The number of rotatable bonds is 7. The Kier molecular flexibility index (Phi) is 7.83. The smallest absolute Gasteiger partial charge is 0.453 e. The van der Waals surface area contributed by atoms with Gasteiger partial charge in [0.25, 0.3) is 0 Å². The maximum atomic E-state index is 6.72. The summed E-state index contributed by atoms with van der Waals surface area (Å²) in [5.74, 6) is 3.58. The van der Waals surface area contributed by atoms with Crippen LogP contribution < -0.4 is 23.5 Å². The van der Waals surface area contributed by atoms with Gasteiger partial charge in [-0.05, 0) is 117 Å². The van der Waals surface area contributed by atoms with Crippen LogP contribution in [0.5, 0.6) is 28.7 Å². The lowest BCUT2D eigenvalue weighted by Crippen LogP contribution is -1.96. The average molecular weight is 575 g/mol. The van der Waals surface area contributed by atoms with Crippen molar-refractivity contribution in [3.8, 4) is 39.9 Å². The monoisotopic (exact) mass is 574 g/mol. The molecule has 0 aliphatic rings. The van der Waals surface area contributed by atoms with Gasteiger partial charge >= 0.3 is 8.24 Å². The largest absolute Gasteiger partial charge is 0.497 e. The van der Waals surface area contributed by atoms with Crippen LogP contribution in [0.1, 0.15) is 27.8 Å². The molecule has 1 aromatic heterocycles. The van der Waals surface area contributed by atoms with E-state index in [0.29, 0.717) is 16.9 Å². The van der Waals surface area contributed by atoms with Crippen LogP contribution in [-0.2, 0) is 0 Å². The standard InChI is InChI=1S/C33H35O7P/c1-18-10-23(34-6)14-27(22(18)5)28-15-24(35-7)11-19(2)31(28)38-41-39-32-20(3)12-25(36-8)16-29(32)30-17-26(37-9)13-21(4)33(30)40-41/h10-17H,1-9H3. The Bertz CT molecular complexity index is 1750. The van der Waals surface area contributed by atoms with Crippen LogP contribution in [0.25, 0.3) is 33.1 Å². The van der Waals surface area contributed by atoms with E-state index in [9.17, 15) is 0 Å². The number of ether oxygens (including phenoxy) is 4. The molecule has 0 radical (unpaired) electrons. The molecule has 0 saturated heterocycles. The van der Waals surface area contributed by atoms with E-state index in [-0.39, 0.29) is 0 Å². The van der Waals surface area contributed by atoms with Gasteiger partial charge in [0.2, 0.25) is 0 Å². The highest BCUT2D eigenvalue weighted by Gasteiger charge is 2.20. The van der Waals surface area contributed by atoms with Crippen molar-refractivity contribution in [3.63, 3.8) is 0 Å². The number of aryl methyl sites for hydroxylation is 4. The number of hydrogen-bond acceptors (Lipinski definition) is 7. The van der Waals surface area contributed by atoms with Gasteiger partial charge in [-0.3, -0.25) is 0 Å². The van der Waals surface area contributed by atoms with Gasteiger partial charge in [0.05, 0.1) is 28.4 Å². The van der Waals surface area contributed by atoms with Crippen molar-refractivity contribution < 1.29 is 31.9 Å². The Morgan fingerprint density at radius 1 is 0.488 bits per heavy atom. The second-order valence-electron chi connectivity index (χ2n) is 10.1. The SMILES string of the molecule is COc1cc(C)c(C)c(-c2cc(OC)cc(C)c2Op2oc3c(C)cc(OC)cc3c3cc(OC)cc(C)c3o2)c1. The molecule has 5 rings (SSSR count). The van der Waals surface area contributed by atoms with Crippen LogP contribution in [0.15, 0.2) is 56.9 Å². The molecule has 5 aromatic rings. The molecule has 0 N–H and O–H groups in total. The van der Waals surface area contributed by atoms with E-state index >= 15 is 0 Å². The van der Waals surface area contributed by atoms with Crippen molar-refractivity contribution in [2.75, 3.05) is 28.4 Å². The first-order chi connectivity index (χ1) is 19.7. The summed E-state index contributed by atoms with van der Waals surface area (Å²) in [7, 11) is 4.70. The molecule has 0 bridgehead atoms. The molecule has 7 nitrogen and oxygen atoms in total. The zero-order valence-electron chi connectivity index (χ0n) is 24.9. The van der Waals surface area contributed by atoms with Gasteiger partial charge in [0.1, 0.15) is 39.9 Å². The quantitative estimate of drug-likeness (QED) is 0.192. The fourth-order valence-corrected chi connectivity index (χ4v) is 6.33. The Morgan fingerprint density at radius 2 is 0.902 bits per heavy atom. The maximum Gasteiger partial charge on any atom is 0.453 e. The van der Waals surface area contributed by atoms with Crippen LogP contribution in [0.2, 0.25) is 0 Å². The van der Waals surface area contributed by atoms with Gasteiger partial charge in [-0.1, -0.05) is 0 Å². The van der Waals surface area contributed by atoms with Crippen molar-refractivity contribution in [3.05, 3.63) is 76.3 Å². The third kappa shape index (κ3) is 5.30. The minimum Gasteiger partial charge on any atom is -0.497 e. The minimum absolute atomic E-state index is 0.648. The van der Waals surface area contributed by atoms with Gasteiger partial charge in [0.15, 0.2) is 0 Å². The second kappa shape index (κ2) is 11.3. The lowest BCUT2D eigenvalue weighted by Gasteiger charge is -2.17. The topological polar surface area (TPSA) is 72.4 Å². The van der Waals surface area contributed by atoms with Crippen molar-refractivity contribution in [2.45, 2.75) is 34.6 Å². The van der Waals surface area contributed by atoms with Crippen LogP contribution in [0, 0.1) is 34.6 Å². The lowest BCUT2D eigenvalue weighted by atomic mass is 9.94. The van der Waals surface area contributed by atoms with Crippen molar-refractivity contribution in [1.29, 1.82) is 0 Å². The molecular formula is C33H35O7P. The lowest BCUT2D eigenvalue weighted by molar-refractivity contribution is 0.413. The van der Waals surface area contributed by atoms with Crippen LogP contribution >= 0.6 is 8.24 Å². The molecule has 4 aromatic carbocycles. The third-order valence-electron chi connectivity index (χ3n) is 7.41. The summed E-state index contributed by atoms with van der Waals surface area (Å²) < 4.78 is 42.3. The zero-order valence-corrected chi connectivity index (χ0v) is 25.8. The highest BCUT2D eigenvalue weighted by Crippen LogP contribution is 2.47. The molecule has 8 heteroatoms. The molecule has 0 saturated carbocycles. The number of fused-ring (bicyclic) bond motifs is 3. The molecule has 0 unspecified atom stereocenters. The first-order valence-electron chi connectivity index (χ1n) is 13.2. The van der Waals surface area contributed by atoms with E-state index in [0.717, 1.165) is 72.7 Å². The highest BCUT2D eigenvalue weighted by molar-refractivity contribution is 7.32. The average Bonchev–Trinajstić information content (AvgIpc) is 3.12. The molecule has 0 aliphatic heterocycles. The molecule has 41 heavy (non-hydrogen) atoms. The zero-order chi connectivity index (χ0) is 29.4. The van der Waals surface area contributed by atoms with E-state index in [1.807, 2.05) is 69.3 Å². The Labute approximate surface area is 241 Å². The summed E-state index contributed by atoms with van der Waals surface area (Å²) >= 11 is 0. The molecule has 0 atom stereocenters. The second-order valence-corrected chi connectivity index (χ2v) is 11.1. The normalized spacial score (nSPS) is 11.0. The Morgan fingerprint density at radius 3 is 1.39 bits per heavy atom. The maximum absolute atomic E-state index is 6.72. The van der Waals surface area contributed by atoms with Crippen LogP contribution in [0.4, 0.5) is 0 Å². The Hall–Kier alpha value is -4.22. The number of hydrogen-bond donors (Lipinski definition) is 0. The summed E-state index contributed by atoms with van der Waals surface area (Å²) in [5, 5.41) is 1.69. The van der Waals surface area contributed by atoms with Gasteiger partial charge in [0, 0.05) is 16.3 Å². The van der Waals surface area contributed by atoms with E-state index < -0.39 is 8.24 Å². The molecule has 0 amide bonds. The summed E-state index contributed by atoms with van der Waals surface area (Å²) in [4.78, 5) is 0. The van der Waals surface area contributed by atoms with Crippen LogP contribution in [0.3, 0.4) is 0 Å². The van der Waals surface area contributed by atoms with Crippen molar-refractivity contribution >= 4 is 30.2 Å². The highest BCUT2D eigenvalue weighted by atomic mass is 31.1. The molecule has 0 fully saturated rings. The predicted molar refractivity (Wildman–Crippen MR) is 164 cm³/mol. The third-order valence-corrected chi connectivity index (χ3v) is 8.40. The number of methoxy groups -OCH3 is 4. The summed E-state index contributed by atoms with van der Waals surface area (Å²) in [5.41, 5.74) is 8.09. The summed E-state index contributed by atoms with van der Waals surface area (Å²) in [6.45, 7) is 10.1. The van der Waals surface area contributed by atoms with E-state index in [1.165, 1.54) is 0 Å². The molecule has 214 valence electrons. The molecule has 0 aliphatic carbocycles. The molecule has 1 heterocycles. The van der Waals surface area contributed by atoms with E-state index in [4.69, 9.17) is 31.9 Å². The fourth-order valence-electron chi connectivity index (χ4n) is 5.04.